The fourth-order valence-corrected chi connectivity index (χ4v) is 2.70. The van der Waals surface area contributed by atoms with Crippen LogP contribution in [0.25, 0.3) is 0 Å². The molecule has 2 unspecified atom stereocenters. The number of hydrogen-bond acceptors (Lipinski definition) is 3. The van der Waals surface area contributed by atoms with Gasteiger partial charge in [-0.15, -0.1) is 0 Å². The molecule has 0 aromatic rings. The summed E-state index contributed by atoms with van der Waals surface area (Å²) in [6.45, 7) is 3.09. The number of ether oxygens (including phenoxy) is 1. The van der Waals surface area contributed by atoms with E-state index >= 15 is 0 Å². The first-order chi connectivity index (χ1) is 8.24. The van der Waals surface area contributed by atoms with E-state index in [0.29, 0.717) is 5.92 Å². The van der Waals surface area contributed by atoms with Gasteiger partial charge < -0.3 is 14.7 Å². The zero-order valence-electron chi connectivity index (χ0n) is 11.5. The highest BCUT2D eigenvalue weighted by atomic mass is 16.5. The lowest BCUT2D eigenvalue weighted by Gasteiger charge is -2.31. The fraction of sp³-hybridized carbons (Fsp3) is 1.00. The van der Waals surface area contributed by atoms with Crippen LogP contribution in [0, 0.1) is 5.92 Å². The molecule has 17 heavy (non-hydrogen) atoms. The minimum atomic E-state index is -0.0558. The van der Waals surface area contributed by atoms with Crippen LogP contribution in [0.1, 0.15) is 44.9 Å². The Kier molecular flexibility index (Phi) is 7.82. The average Bonchev–Trinajstić information content (AvgIpc) is 2.32. The Morgan fingerprint density at radius 1 is 1.18 bits per heavy atom. The van der Waals surface area contributed by atoms with Crippen LogP contribution in [0.3, 0.4) is 0 Å². The van der Waals surface area contributed by atoms with Gasteiger partial charge in [-0.2, -0.15) is 0 Å². The van der Waals surface area contributed by atoms with E-state index in [9.17, 15) is 5.11 Å². The van der Waals surface area contributed by atoms with Crippen LogP contribution < -0.4 is 0 Å². The van der Waals surface area contributed by atoms with Crippen molar-refractivity contribution in [2.45, 2.75) is 51.0 Å². The monoisotopic (exact) mass is 243 g/mol. The standard InChI is InChI=1S/C14H29NO2/c1-15(10-6-3-7-11-17-2)12-13-8-4-5-9-14(13)16/h13-14,16H,3-12H2,1-2H3. The van der Waals surface area contributed by atoms with Crippen LogP contribution in [-0.4, -0.2) is 50.0 Å². The first-order valence-corrected chi connectivity index (χ1v) is 7.09. The molecule has 1 saturated carbocycles. The van der Waals surface area contributed by atoms with Crippen LogP contribution in [0.5, 0.6) is 0 Å². The van der Waals surface area contributed by atoms with Crippen LogP contribution in [-0.2, 0) is 4.74 Å². The maximum Gasteiger partial charge on any atom is 0.0580 e. The van der Waals surface area contributed by atoms with Gasteiger partial charge in [0.1, 0.15) is 0 Å². The Morgan fingerprint density at radius 3 is 2.65 bits per heavy atom. The summed E-state index contributed by atoms with van der Waals surface area (Å²) in [5.74, 6) is 0.507. The van der Waals surface area contributed by atoms with E-state index in [2.05, 4.69) is 11.9 Å². The second-order valence-electron chi connectivity index (χ2n) is 5.43. The van der Waals surface area contributed by atoms with Gasteiger partial charge >= 0.3 is 0 Å². The van der Waals surface area contributed by atoms with E-state index in [1.807, 2.05) is 0 Å². The molecule has 0 aromatic heterocycles. The minimum Gasteiger partial charge on any atom is -0.393 e. The molecule has 0 bridgehead atoms. The van der Waals surface area contributed by atoms with Crippen molar-refractivity contribution in [2.24, 2.45) is 5.92 Å². The Hall–Kier alpha value is -0.120. The molecule has 3 heteroatoms. The van der Waals surface area contributed by atoms with E-state index in [1.165, 1.54) is 32.1 Å². The number of aliphatic hydroxyl groups is 1. The average molecular weight is 243 g/mol. The highest BCUT2D eigenvalue weighted by molar-refractivity contribution is 4.76. The summed E-state index contributed by atoms with van der Waals surface area (Å²) in [7, 11) is 3.94. The van der Waals surface area contributed by atoms with E-state index < -0.39 is 0 Å². The minimum absolute atomic E-state index is 0.0558. The molecule has 1 N–H and O–H groups in total. The molecule has 0 radical (unpaired) electrons. The maximum atomic E-state index is 9.92. The smallest absolute Gasteiger partial charge is 0.0580 e. The summed E-state index contributed by atoms with van der Waals surface area (Å²) in [6, 6.07) is 0. The lowest BCUT2D eigenvalue weighted by atomic mass is 9.86. The number of methoxy groups -OCH3 is 1. The summed E-state index contributed by atoms with van der Waals surface area (Å²) in [5.41, 5.74) is 0. The van der Waals surface area contributed by atoms with Gasteiger partial charge in [0.25, 0.3) is 0 Å². The highest BCUT2D eigenvalue weighted by Crippen LogP contribution is 2.24. The lowest BCUT2D eigenvalue weighted by molar-refractivity contribution is 0.0511. The Balaban J connectivity index is 2.05. The van der Waals surface area contributed by atoms with Gasteiger partial charge in [-0.1, -0.05) is 12.8 Å². The van der Waals surface area contributed by atoms with Gasteiger partial charge in [-0.25, -0.2) is 0 Å². The molecular weight excluding hydrogens is 214 g/mol. The second kappa shape index (κ2) is 8.90. The first-order valence-electron chi connectivity index (χ1n) is 7.09. The molecule has 102 valence electrons. The van der Waals surface area contributed by atoms with Crippen molar-refractivity contribution in [1.82, 2.24) is 4.90 Å². The first kappa shape index (κ1) is 14.9. The molecule has 2 atom stereocenters. The summed E-state index contributed by atoms with van der Waals surface area (Å²) in [4.78, 5) is 2.38. The number of aliphatic hydroxyl groups excluding tert-OH is 1. The summed E-state index contributed by atoms with van der Waals surface area (Å²) < 4.78 is 5.04. The molecule has 0 saturated heterocycles. The molecule has 1 rings (SSSR count). The quantitative estimate of drug-likeness (QED) is 0.664. The Morgan fingerprint density at radius 2 is 1.94 bits per heavy atom. The normalized spacial score (nSPS) is 25.4. The highest BCUT2D eigenvalue weighted by Gasteiger charge is 2.23. The van der Waals surface area contributed by atoms with Gasteiger partial charge in [0, 0.05) is 20.3 Å². The van der Waals surface area contributed by atoms with E-state index in [-0.39, 0.29) is 6.10 Å². The summed E-state index contributed by atoms with van der Waals surface area (Å²) in [5, 5.41) is 9.92. The van der Waals surface area contributed by atoms with Crippen molar-refractivity contribution in [3.05, 3.63) is 0 Å². The van der Waals surface area contributed by atoms with Gasteiger partial charge in [0.2, 0.25) is 0 Å². The van der Waals surface area contributed by atoms with Crippen LogP contribution in [0.2, 0.25) is 0 Å². The van der Waals surface area contributed by atoms with Gasteiger partial charge in [0.05, 0.1) is 6.10 Å². The molecule has 0 spiro atoms. The van der Waals surface area contributed by atoms with E-state index in [4.69, 9.17) is 4.74 Å². The van der Waals surface area contributed by atoms with Gasteiger partial charge in [0.15, 0.2) is 0 Å². The van der Waals surface area contributed by atoms with Crippen molar-refractivity contribution >= 4 is 0 Å². The molecule has 1 aliphatic carbocycles. The maximum absolute atomic E-state index is 9.92. The number of unbranched alkanes of at least 4 members (excludes halogenated alkanes) is 2. The fourth-order valence-electron chi connectivity index (χ4n) is 2.70. The van der Waals surface area contributed by atoms with Crippen molar-refractivity contribution in [3.8, 4) is 0 Å². The number of rotatable bonds is 8. The SMILES string of the molecule is COCCCCCN(C)CC1CCCCC1O. The topological polar surface area (TPSA) is 32.7 Å². The molecule has 0 amide bonds. The zero-order chi connectivity index (χ0) is 12.5. The van der Waals surface area contributed by atoms with Gasteiger partial charge in [-0.05, 0) is 51.6 Å². The third kappa shape index (κ3) is 6.39. The van der Waals surface area contributed by atoms with Crippen molar-refractivity contribution in [1.29, 1.82) is 0 Å². The molecule has 3 nitrogen and oxygen atoms in total. The number of hydrogen-bond donors (Lipinski definition) is 1. The lowest BCUT2D eigenvalue weighted by Crippen LogP contribution is -2.35. The summed E-state index contributed by atoms with van der Waals surface area (Å²) >= 11 is 0. The van der Waals surface area contributed by atoms with Crippen LogP contribution in [0.15, 0.2) is 0 Å². The van der Waals surface area contributed by atoms with Gasteiger partial charge in [-0.3, -0.25) is 0 Å². The third-order valence-electron chi connectivity index (χ3n) is 3.80. The zero-order valence-corrected chi connectivity index (χ0v) is 11.5. The predicted molar refractivity (Wildman–Crippen MR) is 71.2 cm³/mol. The van der Waals surface area contributed by atoms with Crippen LogP contribution >= 0.6 is 0 Å². The molecule has 0 aromatic carbocycles. The molecule has 0 aliphatic heterocycles. The van der Waals surface area contributed by atoms with Crippen LogP contribution in [0.4, 0.5) is 0 Å². The number of nitrogens with zero attached hydrogens (tertiary/aromatic N) is 1. The van der Waals surface area contributed by atoms with Crippen molar-refractivity contribution < 1.29 is 9.84 Å². The largest absolute Gasteiger partial charge is 0.393 e. The third-order valence-corrected chi connectivity index (χ3v) is 3.80. The Bertz CT molecular complexity index is 187. The van der Waals surface area contributed by atoms with Crippen molar-refractivity contribution in [3.63, 3.8) is 0 Å². The summed E-state index contributed by atoms with van der Waals surface area (Å²) in [6.07, 6.45) is 8.30. The molecule has 1 aliphatic rings. The molecule has 0 heterocycles. The predicted octanol–water partition coefficient (Wildman–Crippen LogP) is 2.29. The van der Waals surface area contributed by atoms with E-state index in [0.717, 1.165) is 32.5 Å². The molecular formula is C14H29NO2. The Labute approximate surface area is 106 Å². The second-order valence-corrected chi connectivity index (χ2v) is 5.43. The van der Waals surface area contributed by atoms with E-state index in [1.54, 1.807) is 7.11 Å². The molecule has 1 fully saturated rings. The van der Waals surface area contributed by atoms with Crippen molar-refractivity contribution in [2.75, 3.05) is 33.9 Å².